The van der Waals surface area contributed by atoms with Gasteiger partial charge < -0.3 is 15.3 Å². The normalized spacial score (nSPS) is 14.9. The second kappa shape index (κ2) is 6.69. The fourth-order valence-electron chi connectivity index (χ4n) is 1.44. The smallest absolute Gasteiger partial charge is 0.123 e. The van der Waals surface area contributed by atoms with Gasteiger partial charge in [0.2, 0.25) is 0 Å². The van der Waals surface area contributed by atoms with Gasteiger partial charge in [-0.3, -0.25) is 0 Å². The Balaban J connectivity index is 2.37. The number of nitrogens with zero attached hydrogens (tertiary/aromatic N) is 1. The van der Waals surface area contributed by atoms with E-state index in [1.54, 1.807) is 12.1 Å². The van der Waals surface area contributed by atoms with Gasteiger partial charge in [-0.05, 0) is 38.7 Å². The van der Waals surface area contributed by atoms with E-state index < -0.39 is 6.10 Å². The van der Waals surface area contributed by atoms with E-state index in [1.807, 2.05) is 14.1 Å². The molecule has 0 saturated carbocycles. The van der Waals surface area contributed by atoms with Crippen LogP contribution in [0.25, 0.3) is 0 Å². The summed E-state index contributed by atoms with van der Waals surface area (Å²) in [6.45, 7) is 3.32. The van der Waals surface area contributed by atoms with E-state index in [0.29, 0.717) is 18.2 Å². The molecule has 0 heterocycles. The van der Waals surface area contributed by atoms with E-state index in [9.17, 15) is 9.50 Å². The molecule has 96 valence electrons. The van der Waals surface area contributed by atoms with Gasteiger partial charge in [0, 0.05) is 19.1 Å². The Kier molecular flexibility index (Phi) is 5.55. The van der Waals surface area contributed by atoms with Gasteiger partial charge in [0.1, 0.15) is 5.82 Å². The van der Waals surface area contributed by atoms with Crippen LogP contribution in [-0.4, -0.2) is 43.2 Å². The van der Waals surface area contributed by atoms with Crippen molar-refractivity contribution in [2.24, 2.45) is 0 Å². The maximum Gasteiger partial charge on any atom is 0.123 e. The molecule has 0 amide bonds. The number of rotatable bonds is 6. The first-order chi connectivity index (χ1) is 8.00. The molecule has 0 fully saturated rings. The molecule has 1 rings (SSSR count). The first-order valence-electron chi connectivity index (χ1n) is 5.81. The van der Waals surface area contributed by atoms with Gasteiger partial charge >= 0.3 is 0 Å². The number of aliphatic hydroxyl groups excluding tert-OH is 1. The van der Waals surface area contributed by atoms with Crippen LogP contribution in [-0.2, 0) is 0 Å². The van der Waals surface area contributed by atoms with E-state index in [2.05, 4.69) is 17.1 Å². The highest BCUT2D eigenvalue weighted by atomic mass is 19.1. The van der Waals surface area contributed by atoms with E-state index >= 15 is 0 Å². The minimum absolute atomic E-state index is 0.316. The van der Waals surface area contributed by atoms with Crippen LogP contribution in [0.3, 0.4) is 0 Å². The Labute approximate surface area is 102 Å². The fourth-order valence-corrected chi connectivity index (χ4v) is 1.44. The van der Waals surface area contributed by atoms with Crippen molar-refractivity contribution in [2.75, 3.05) is 27.2 Å². The highest BCUT2D eigenvalue weighted by Crippen LogP contribution is 2.12. The summed E-state index contributed by atoms with van der Waals surface area (Å²) < 4.78 is 12.9. The molecule has 1 aromatic carbocycles. The van der Waals surface area contributed by atoms with Crippen molar-refractivity contribution >= 4 is 0 Å². The zero-order chi connectivity index (χ0) is 12.8. The predicted octanol–water partition coefficient (Wildman–Crippen LogP) is 1.40. The van der Waals surface area contributed by atoms with Crippen molar-refractivity contribution < 1.29 is 9.50 Å². The average Bonchev–Trinajstić information content (AvgIpc) is 2.28. The summed E-state index contributed by atoms with van der Waals surface area (Å²) in [5.41, 5.74) is 0.606. The van der Waals surface area contributed by atoms with E-state index in [0.717, 1.165) is 6.54 Å². The number of hydrogen-bond donors (Lipinski definition) is 2. The largest absolute Gasteiger partial charge is 0.387 e. The summed E-state index contributed by atoms with van der Waals surface area (Å²) in [4.78, 5) is 2.10. The molecule has 1 aromatic rings. The summed E-state index contributed by atoms with van der Waals surface area (Å²) in [6.07, 6.45) is -0.667. The molecule has 0 aromatic heterocycles. The highest BCUT2D eigenvalue weighted by Gasteiger charge is 2.09. The van der Waals surface area contributed by atoms with Crippen LogP contribution < -0.4 is 5.32 Å². The lowest BCUT2D eigenvalue weighted by atomic mass is 10.1. The number of benzene rings is 1. The topological polar surface area (TPSA) is 35.5 Å². The zero-order valence-electron chi connectivity index (χ0n) is 10.7. The molecule has 0 aliphatic rings. The minimum atomic E-state index is -0.667. The molecule has 2 atom stereocenters. The Hall–Kier alpha value is -0.970. The van der Waals surface area contributed by atoms with Crippen LogP contribution in [0.2, 0.25) is 0 Å². The molecule has 2 unspecified atom stereocenters. The lowest BCUT2D eigenvalue weighted by Gasteiger charge is -2.21. The predicted molar refractivity (Wildman–Crippen MR) is 67.4 cm³/mol. The second-order valence-electron chi connectivity index (χ2n) is 4.54. The number of halogens is 1. The molecular weight excluding hydrogens is 219 g/mol. The van der Waals surface area contributed by atoms with E-state index in [1.165, 1.54) is 12.1 Å². The van der Waals surface area contributed by atoms with Crippen molar-refractivity contribution in [3.05, 3.63) is 35.6 Å². The molecule has 0 aliphatic carbocycles. The molecule has 0 radical (unpaired) electrons. The fraction of sp³-hybridized carbons (Fsp3) is 0.538. The molecule has 0 saturated heterocycles. The van der Waals surface area contributed by atoms with Crippen molar-refractivity contribution in [2.45, 2.75) is 19.1 Å². The van der Waals surface area contributed by atoms with Crippen molar-refractivity contribution in [1.29, 1.82) is 0 Å². The van der Waals surface area contributed by atoms with E-state index in [-0.39, 0.29) is 5.82 Å². The summed E-state index contributed by atoms with van der Waals surface area (Å²) in [5, 5.41) is 13.0. The molecule has 3 nitrogen and oxygen atoms in total. The summed E-state index contributed by atoms with van der Waals surface area (Å²) in [7, 11) is 4.02. The van der Waals surface area contributed by atoms with Crippen LogP contribution >= 0.6 is 0 Å². The second-order valence-corrected chi connectivity index (χ2v) is 4.54. The molecule has 0 aliphatic heterocycles. The standard InChI is InChI=1S/C13H21FN2O/c1-10(16(2)3)8-15-9-13(17)11-5-4-6-12(14)7-11/h4-7,10,13,15,17H,8-9H2,1-3H3. The Morgan fingerprint density at radius 2 is 2.06 bits per heavy atom. The Morgan fingerprint density at radius 1 is 1.35 bits per heavy atom. The maximum atomic E-state index is 12.9. The lowest BCUT2D eigenvalue weighted by Crippen LogP contribution is -2.37. The molecule has 17 heavy (non-hydrogen) atoms. The monoisotopic (exact) mass is 240 g/mol. The highest BCUT2D eigenvalue weighted by molar-refractivity contribution is 5.18. The first-order valence-corrected chi connectivity index (χ1v) is 5.81. The van der Waals surface area contributed by atoms with Gasteiger partial charge in [0.25, 0.3) is 0 Å². The van der Waals surface area contributed by atoms with Crippen molar-refractivity contribution in [1.82, 2.24) is 10.2 Å². The Bertz CT molecular complexity index is 344. The van der Waals surface area contributed by atoms with Crippen LogP contribution in [0.15, 0.2) is 24.3 Å². The lowest BCUT2D eigenvalue weighted by molar-refractivity contribution is 0.170. The SMILES string of the molecule is CC(CNCC(O)c1cccc(F)c1)N(C)C. The minimum Gasteiger partial charge on any atom is -0.387 e. The van der Waals surface area contributed by atoms with Crippen molar-refractivity contribution in [3.8, 4) is 0 Å². The molecular formula is C13H21FN2O. The maximum absolute atomic E-state index is 12.9. The quantitative estimate of drug-likeness (QED) is 0.789. The molecule has 0 bridgehead atoms. The number of hydrogen-bond acceptors (Lipinski definition) is 3. The first kappa shape index (κ1) is 14.1. The molecule has 4 heteroatoms. The number of nitrogens with one attached hydrogen (secondary N) is 1. The molecule has 2 N–H and O–H groups in total. The third-order valence-electron chi connectivity index (χ3n) is 2.89. The van der Waals surface area contributed by atoms with Crippen LogP contribution in [0.5, 0.6) is 0 Å². The average molecular weight is 240 g/mol. The van der Waals surface area contributed by atoms with Crippen LogP contribution in [0, 0.1) is 5.82 Å². The van der Waals surface area contributed by atoms with Gasteiger partial charge in [-0.1, -0.05) is 12.1 Å². The van der Waals surface area contributed by atoms with Gasteiger partial charge in [0.15, 0.2) is 0 Å². The van der Waals surface area contributed by atoms with Crippen LogP contribution in [0.4, 0.5) is 4.39 Å². The third-order valence-corrected chi connectivity index (χ3v) is 2.89. The number of aliphatic hydroxyl groups is 1. The van der Waals surface area contributed by atoms with Gasteiger partial charge in [-0.15, -0.1) is 0 Å². The Morgan fingerprint density at radius 3 is 2.65 bits per heavy atom. The van der Waals surface area contributed by atoms with Crippen LogP contribution in [0.1, 0.15) is 18.6 Å². The van der Waals surface area contributed by atoms with Gasteiger partial charge in [0.05, 0.1) is 6.10 Å². The zero-order valence-corrected chi connectivity index (χ0v) is 10.7. The van der Waals surface area contributed by atoms with Crippen molar-refractivity contribution in [3.63, 3.8) is 0 Å². The third kappa shape index (κ3) is 4.81. The van der Waals surface area contributed by atoms with E-state index in [4.69, 9.17) is 0 Å². The summed E-state index contributed by atoms with van der Waals surface area (Å²) in [5.74, 6) is -0.316. The van der Waals surface area contributed by atoms with Gasteiger partial charge in [-0.25, -0.2) is 4.39 Å². The molecule has 0 spiro atoms. The number of likely N-dealkylation sites (N-methyl/N-ethyl adjacent to an activating group) is 1. The summed E-state index contributed by atoms with van der Waals surface area (Å²) >= 11 is 0. The van der Waals surface area contributed by atoms with Gasteiger partial charge in [-0.2, -0.15) is 0 Å². The summed E-state index contributed by atoms with van der Waals surface area (Å²) in [6, 6.07) is 6.47.